The lowest BCUT2D eigenvalue weighted by Gasteiger charge is -2.07. The summed E-state index contributed by atoms with van der Waals surface area (Å²) >= 11 is 5.93. The van der Waals surface area contributed by atoms with Crippen LogP contribution in [0, 0.1) is 6.92 Å². The van der Waals surface area contributed by atoms with E-state index in [9.17, 15) is 0 Å². The molecule has 0 saturated carbocycles. The molecule has 0 saturated heterocycles. The summed E-state index contributed by atoms with van der Waals surface area (Å²) in [7, 11) is 0. The SMILES string of the molecule is CCOCCn1c(CCl)nc2ccc(C)cc21. The molecule has 1 aromatic heterocycles. The third-order valence-corrected chi connectivity index (χ3v) is 3.00. The number of hydrogen-bond donors (Lipinski definition) is 0. The largest absolute Gasteiger partial charge is 0.380 e. The van der Waals surface area contributed by atoms with Crippen molar-refractivity contribution >= 4 is 22.6 Å². The van der Waals surface area contributed by atoms with E-state index in [-0.39, 0.29) is 0 Å². The third-order valence-electron chi connectivity index (χ3n) is 2.77. The van der Waals surface area contributed by atoms with Gasteiger partial charge >= 0.3 is 0 Å². The maximum absolute atomic E-state index is 5.93. The number of imidazole rings is 1. The van der Waals surface area contributed by atoms with Crippen LogP contribution in [0.1, 0.15) is 18.3 Å². The minimum atomic E-state index is 0.430. The Hall–Kier alpha value is -1.06. The minimum absolute atomic E-state index is 0.430. The first-order valence-corrected chi connectivity index (χ1v) is 6.39. The Morgan fingerprint density at radius 2 is 2.24 bits per heavy atom. The van der Waals surface area contributed by atoms with Crippen LogP contribution in [0.2, 0.25) is 0 Å². The van der Waals surface area contributed by atoms with Crippen molar-refractivity contribution in [2.45, 2.75) is 26.3 Å². The zero-order valence-corrected chi connectivity index (χ0v) is 11.0. The number of rotatable bonds is 5. The molecule has 0 fully saturated rings. The lowest BCUT2D eigenvalue weighted by Crippen LogP contribution is -2.08. The van der Waals surface area contributed by atoms with Gasteiger partial charge < -0.3 is 9.30 Å². The highest BCUT2D eigenvalue weighted by molar-refractivity contribution is 6.16. The van der Waals surface area contributed by atoms with Gasteiger partial charge in [-0.05, 0) is 31.5 Å². The van der Waals surface area contributed by atoms with E-state index in [4.69, 9.17) is 16.3 Å². The molecule has 2 aromatic rings. The van der Waals surface area contributed by atoms with Gasteiger partial charge in [-0.1, -0.05) is 6.07 Å². The van der Waals surface area contributed by atoms with Crippen LogP contribution in [-0.4, -0.2) is 22.8 Å². The van der Waals surface area contributed by atoms with Gasteiger partial charge in [0.1, 0.15) is 5.82 Å². The number of hydrogen-bond acceptors (Lipinski definition) is 2. The van der Waals surface area contributed by atoms with Crippen LogP contribution in [-0.2, 0) is 17.2 Å². The second-order valence-corrected chi connectivity index (χ2v) is 4.27. The lowest BCUT2D eigenvalue weighted by molar-refractivity contribution is 0.139. The molecule has 0 aliphatic rings. The summed E-state index contributed by atoms with van der Waals surface area (Å²) in [6.07, 6.45) is 0. The predicted octanol–water partition coefficient (Wildman–Crippen LogP) is 3.12. The fourth-order valence-electron chi connectivity index (χ4n) is 1.93. The van der Waals surface area contributed by atoms with Crippen molar-refractivity contribution in [3.05, 3.63) is 29.6 Å². The molecule has 0 atom stereocenters. The van der Waals surface area contributed by atoms with E-state index in [0.717, 1.165) is 30.0 Å². The second kappa shape index (κ2) is 5.52. The number of aromatic nitrogens is 2. The number of benzene rings is 1. The zero-order valence-electron chi connectivity index (χ0n) is 10.2. The molecule has 1 heterocycles. The van der Waals surface area contributed by atoms with Gasteiger partial charge in [0.25, 0.3) is 0 Å². The summed E-state index contributed by atoms with van der Waals surface area (Å²) in [5, 5.41) is 0. The monoisotopic (exact) mass is 252 g/mol. The smallest absolute Gasteiger partial charge is 0.124 e. The van der Waals surface area contributed by atoms with Crippen molar-refractivity contribution in [1.29, 1.82) is 0 Å². The van der Waals surface area contributed by atoms with Crippen molar-refractivity contribution < 1.29 is 4.74 Å². The minimum Gasteiger partial charge on any atom is -0.380 e. The Bertz CT molecular complexity index is 507. The molecule has 4 heteroatoms. The van der Waals surface area contributed by atoms with Crippen molar-refractivity contribution in [3.8, 4) is 0 Å². The number of nitrogens with zero attached hydrogens (tertiary/aromatic N) is 2. The standard InChI is InChI=1S/C13H17ClN2O/c1-3-17-7-6-16-12-8-10(2)4-5-11(12)15-13(16)9-14/h4-5,8H,3,6-7,9H2,1-2H3. The van der Waals surface area contributed by atoms with E-state index >= 15 is 0 Å². The first-order chi connectivity index (χ1) is 8.26. The van der Waals surface area contributed by atoms with Gasteiger partial charge in [-0.15, -0.1) is 11.6 Å². The Morgan fingerprint density at radius 3 is 2.94 bits per heavy atom. The molecule has 0 aliphatic heterocycles. The fourth-order valence-corrected chi connectivity index (χ4v) is 2.14. The van der Waals surface area contributed by atoms with Crippen LogP contribution in [0.15, 0.2) is 18.2 Å². The third kappa shape index (κ3) is 2.61. The fraction of sp³-hybridized carbons (Fsp3) is 0.462. The van der Waals surface area contributed by atoms with Crippen LogP contribution in [0.3, 0.4) is 0 Å². The maximum atomic E-state index is 5.93. The molecule has 17 heavy (non-hydrogen) atoms. The molecule has 0 N–H and O–H groups in total. The van der Waals surface area contributed by atoms with E-state index in [1.165, 1.54) is 5.56 Å². The number of aryl methyl sites for hydroxylation is 1. The number of alkyl halides is 1. The summed E-state index contributed by atoms with van der Waals surface area (Å²) < 4.78 is 7.54. The topological polar surface area (TPSA) is 27.1 Å². The van der Waals surface area contributed by atoms with Crippen molar-refractivity contribution in [2.24, 2.45) is 0 Å². The van der Waals surface area contributed by atoms with Gasteiger partial charge in [0.15, 0.2) is 0 Å². The Kier molecular flexibility index (Phi) is 4.02. The highest BCUT2D eigenvalue weighted by Gasteiger charge is 2.09. The Morgan fingerprint density at radius 1 is 1.41 bits per heavy atom. The average molecular weight is 253 g/mol. The molecule has 1 aromatic carbocycles. The molecular formula is C13H17ClN2O. The summed E-state index contributed by atoms with van der Waals surface area (Å²) in [6.45, 7) is 6.32. The maximum Gasteiger partial charge on any atom is 0.124 e. The highest BCUT2D eigenvalue weighted by Crippen LogP contribution is 2.19. The van der Waals surface area contributed by atoms with Crippen LogP contribution in [0.5, 0.6) is 0 Å². The molecule has 0 aliphatic carbocycles. The number of fused-ring (bicyclic) bond motifs is 1. The number of halogens is 1. The molecule has 0 radical (unpaired) electrons. The van der Waals surface area contributed by atoms with E-state index in [1.807, 2.05) is 13.0 Å². The van der Waals surface area contributed by atoms with Crippen LogP contribution in [0.25, 0.3) is 11.0 Å². The molecule has 0 unspecified atom stereocenters. The molecule has 0 amide bonds. The first-order valence-electron chi connectivity index (χ1n) is 5.85. The lowest BCUT2D eigenvalue weighted by atomic mass is 10.2. The molecule has 0 spiro atoms. The Labute approximate surface area is 106 Å². The molecule has 3 nitrogen and oxygen atoms in total. The van der Waals surface area contributed by atoms with Gasteiger partial charge in [-0.2, -0.15) is 0 Å². The molecule has 0 bridgehead atoms. The van der Waals surface area contributed by atoms with E-state index in [0.29, 0.717) is 12.5 Å². The summed E-state index contributed by atoms with van der Waals surface area (Å²) in [6, 6.07) is 6.25. The van der Waals surface area contributed by atoms with Crippen molar-refractivity contribution in [3.63, 3.8) is 0 Å². The molecule has 92 valence electrons. The van der Waals surface area contributed by atoms with Crippen LogP contribution >= 0.6 is 11.6 Å². The van der Waals surface area contributed by atoms with Gasteiger partial charge in [0, 0.05) is 13.2 Å². The number of ether oxygens (including phenoxy) is 1. The van der Waals surface area contributed by atoms with E-state index < -0.39 is 0 Å². The summed E-state index contributed by atoms with van der Waals surface area (Å²) in [4.78, 5) is 4.53. The predicted molar refractivity (Wildman–Crippen MR) is 70.5 cm³/mol. The van der Waals surface area contributed by atoms with Crippen molar-refractivity contribution in [2.75, 3.05) is 13.2 Å². The van der Waals surface area contributed by atoms with Gasteiger partial charge in [0.2, 0.25) is 0 Å². The van der Waals surface area contributed by atoms with Gasteiger partial charge in [0.05, 0.1) is 23.5 Å². The quantitative estimate of drug-likeness (QED) is 0.604. The van der Waals surface area contributed by atoms with Crippen LogP contribution < -0.4 is 0 Å². The zero-order chi connectivity index (χ0) is 12.3. The van der Waals surface area contributed by atoms with Gasteiger partial charge in [-0.3, -0.25) is 0 Å². The first kappa shape index (κ1) is 12.4. The van der Waals surface area contributed by atoms with E-state index in [1.54, 1.807) is 0 Å². The van der Waals surface area contributed by atoms with Crippen LogP contribution in [0.4, 0.5) is 0 Å². The summed E-state index contributed by atoms with van der Waals surface area (Å²) in [5.41, 5.74) is 3.37. The highest BCUT2D eigenvalue weighted by atomic mass is 35.5. The van der Waals surface area contributed by atoms with Gasteiger partial charge in [-0.25, -0.2) is 4.98 Å². The summed E-state index contributed by atoms with van der Waals surface area (Å²) in [5.74, 6) is 1.34. The normalized spacial score (nSPS) is 11.2. The molecular weight excluding hydrogens is 236 g/mol. The van der Waals surface area contributed by atoms with Crippen molar-refractivity contribution in [1.82, 2.24) is 9.55 Å². The molecule has 2 rings (SSSR count). The van der Waals surface area contributed by atoms with E-state index in [2.05, 4.69) is 28.6 Å². The average Bonchev–Trinajstić information content (AvgIpc) is 2.67. The Balaban J connectivity index is 2.38. The second-order valence-electron chi connectivity index (χ2n) is 4.00.